The van der Waals surface area contributed by atoms with Gasteiger partial charge < -0.3 is 10.6 Å². The molecule has 0 spiro atoms. The molecule has 3 aromatic rings. The van der Waals surface area contributed by atoms with Crippen molar-refractivity contribution in [3.05, 3.63) is 40.5 Å². The van der Waals surface area contributed by atoms with Crippen molar-refractivity contribution in [2.75, 3.05) is 5.32 Å². The number of amides is 2. The van der Waals surface area contributed by atoms with Crippen molar-refractivity contribution in [1.82, 2.24) is 20.5 Å². The fraction of sp³-hybridized carbons (Fsp3) is 0.267. The summed E-state index contributed by atoms with van der Waals surface area (Å²) in [6, 6.07) is 5.22. The Bertz CT molecular complexity index is 794. The third-order valence-electron chi connectivity index (χ3n) is 3.36. The summed E-state index contributed by atoms with van der Waals surface area (Å²) in [5.74, 6) is 0. The number of nitrogens with one attached hydrogen (secondary N) is 3. The van der Waals surface area contributed by atoms with Crippen LogP contribution < -0.4 is 10.6 Å². The average Bonchev–Trinajstić information content (AvgIpc) is 3.15. The van der Waals surface area contributed by atoms with Crippen LogP contribution in [-0.2, 0) is 6.42 Å². The summed E-state index contributed by atoms with van der Waals surface area (Å²) in [6.07, 6.45) is 2.64. The van der Waals surface area contributed by atoms with Crippen LogP contribution in [0, 0.1) is 0 Å². The van der Waals surface area contributed by atoms with Crippen molar-refractivity contribution in [3.8, 4) is 0 Å². The van der Waals surface area contributed by atoms with E-state index < -0.39 is 0 Å². The minimum atomic E-state index is -0.249. The molecule has 0 aliphatic rings. The summed E-state index contributed by atoms with van der Waals surface area (Å²) in [5, 5.41) is 16.6. The molecule has 0 aliphatic carbocycles. The predicted molar refractivity (Wildman–Crippen MR) is 88.2 cm³/mol. The molecule has 2 heterocycles. The minimum absolute atomic E-state index is 0.130. The van der Waals surface area contributed by atoms with Crippen molar-refractivity contribution in [2.45, 2.75) is 26.3 Å². The van der Waals surface area contributed by atoms with Gasteiger partial charge in [0, 0.05) is 16.5 Å². The second kappa shape index (κ2) is 6.15. The molecule has 3 rings (SSSR count). The van der Waals surface area contributed by atoms with Gasteiger partial charge in [0.25, 0.3) is 0 Å². The van der Waals surface area contributed by atoms with Crippen molar-refractivity contribution < 1.29 is 4.79 Å². The Hall–Kier alpha value is -2.41. The van der Waals surface area contributed by atoms with E-state index in [0.29, 0.717) is 0 Å². The third-order valence-corrected chi connectivity index (χ3v) is 4.37. The molecule has 2 aromatic heterocycles. The van der Waals surface area contributed by atoms with E-state index in [1.54, 1.807) is 17.5 Å². The van der Waals surface area contributed by atoms with Gasteiger partial charge in [0.2, 0.25) is 0 Å². The van der Waals surface area contributed by atoms with E-state index in [1.807, 2.05) is 30.5 Å². The molecule has 114 valence electrons. The van der Waals surface area contributed by atoms with E-state index in [1.165, 1.54) is 0 Å². The maximum absolute atomic E-state index is 12.1. The highest BCUT2D eigenvalue weighted by Gasteiger charge is 2.13. The lowest BCUT2D eigenvalue weighted by Gasteiger charge is -2.12. The van der Waals surface area contributed by atoms with Crippen LogP contribution in [0.4, 0.5) is 10.5 Å². The van der Waals surface area contributed by atoms with E-state index >= 15 is 0 Å². The van der Waals surface area contributed by atoms with E-state index in [-0.39, 0.29) is 12.1 Å². The molecule has 0 bridgehead atoms. The molecule has 7 heteroatoms. The van der Waals surface area contributed by atoms with Crippen molar-refractivity contribution in [3.63, 3.8) is 0 Å². The van der Waals surface area contributed by atoms with Crippen LogP contribution in [-0.4, -0.2) is 21.2 Å². The van der Waals surface area contributed by atoms with Gasteiger partial charge in [-0.25, -0.2) is 9.78 Å². The molecular formula is C15H17N5OS. The number of H-pyrrole nitrogens is 1. The van der Waals surface area contributed by atoms with Gasteiger partial charge in [-0.1, -0.05) is 6.92 Å². The first-order valence-electron chi connectivity index (χ1n) is 7.10. The number of aromatic nitrogens is 3. The van der Waals surface area contributed by atoms with Crippen molar-refractivity contribution in [2.24, 2.45) is 0 Å². The van der Waals surface area contributed by atoms with E-state index in [2.05, 4.69) is 32.7 Å². The Morgan fingerprint density at radius 2 is 2.32 bits per heavy atom. The predicted octanol–water partition coefficient (Wildman–Crippen LogP) is 3.46. The number of rotatable bonds is 4. The monoisotopic (exact) mass is 315 g/mol. The average molecular weight is 315 g/mol. The van der Waals surface area contributed by atoms with Crippen LogP contribution in [0.25, 0.3) is 10.9 Å². The van der Waals surface area contributed by atoms with Gasteiger partial charge >= 0.3 is 6.03 Å². The Morgan fingerprint density at radius 1 is 1.45 bits per heavy atom. The first-order valence-corrected chi connectivity index (χ1v) is 7.98. The molecule has 0 saturated carbocycles. The molecule has 22 heavy (non-hydrogen) atoms. The first kappa shape index (κ1) is 14.5. The molecule has 0 radical (unpaired) electrons. The van der Waals surface area contributed by atoms with Gasteiger partial charge in [-0.05, 0) is 31.5 Å². The number of nitrogens with zero attached hydrogens (tertiary/aromatic N) is 2. The Kier molecular flexibility index (Phi) is 4.06. The van der Waals surface area contributed by atoms with E-state index in [0.717, 1.165) is 33.7 Å². The molecule has 0 fully saturated rings. The number of benzene rings is 1. The number of thiazole rings is 1. The summed E-state index contributed by atoms with van der Waals surface area (Å²) in [5.41, 5.74) is 2.56. The number of carbonyl (C=O) groups is 1. The number of fused-ring (bicyclic) bond motifs is 1. The van der Waals surface area contributed by atoms with Crippen molar-refractivity contribution >= 4 is 34.0 Å². The van der Waals surface area contributed by atoms with Gasteiger partial charge in [-0.2, -0.15) is 5.10 Å². The lowest BCUT2D eigenvalue weighted by molar-refractivity contribution is 0.249. The second-order valence-corrected chi connectivity index (χ2v) is 5.95. The summed E-state index contributed by atoms with van der Waals surface area (Å²) in [4.78, 5) is 16.6. The lowest BCUT2D eigenvalue weighted by atomic mass is 10.2. The quantitative estimate of drug-likeness (QED) is 0.689. The van der Waals surface area contributed by atoms with E-state index in [9.17, 15) is 4.79 Å². The van der Waals surface area contributed by atoms with Crippen molar-refractivity contribution in [1.29, 1.82) is 0 Å². The lowest BCUT2D eigenvalue weighted by Crippen LogP contribution is -2.31. The number of urea groups is 1. The summed E-state index contributed by atoms with van der Waals surface area (Å²) >= 11 is 1.62. The summed E-state index contributed by atoms with van der Waals surface area (Å²) < 4.78 is 0. The standard InChI is InChI=1S/C15H17N5OS/c1-3-14-19-13(8-22-14)9(2)17-15(21)18-11-4-5-12-10(6-11)7-16-20-12/h4-9H,3H2,1-2H3,(H,16,20)(H2,17,18,21)/t9-/m0/s1. The zero-order valence-corrected chi connectivity index (χ0v) is 13.2. The molecule has 6 nitrogen and oxygen atoms in total. The topological polar surface area (TPSA) is 82.7 Å². The SMILES string of the molecule is CCc1nc([C@H](C)NC(=O)Nc2ccc3[nH]ncc3c2)cs1. The number of aromatic amines is 1. The zero-order valence-electron chi connectivity index (χ0n) is 12.4. The molecule has 2 amide bonds. The number of hydrogen-bond donors (Lipinski definition) is 3. The minimum Gasteiger partial charge on any atom is -0.330 e. The zero-order chi connectivity index (χ0) is 15.5. The number of aryl methyl sites for hydroxylation is 1. The normalized spacial score (nSPS) is 12.3. The van der Waals surface area contributed by atoms with Crippen LogP contribution in [0.15, 0.2) is 29.8 Å². The summed E-state index contributed by atoms with van der Waals surface area (Å²) in [7, 11) is 0. The van der Waals surface area contributed by atoms with Crippen LogP contribution in [0.2, 0.25) is 0 Å². The highest BCUT2D eigenvalue weighted by atomic mass is 32.1. The Balaban J connectivity index is 1.63. The van der Waals surface area contributed by atoms with Gasteiger partial charge in [0.1, 0.15) is 0 Å². The van der Waals surface area contributed by atoms with Crippen LogP contribution in [0.3, 0.4) is 0 Å². The molecule has 1 aromatic carbocycles. The Labute approximate surface area is 132 Å². The van der Waals surface area contributed by atoms with Gasteiger partial charge in [-0.3, -0.25) is 5.10 Å². The summed E-state index contributed by atoms with van der Waals surface area (Å²) in [6.45, 7) is 3.99. The second-order valence-electron chi connectivity index (χ2n) is 5.01. The Morgan fingerprint density at radius 3 is 3.09 bits per heavy atom. The van der Waals surface area contributed by atoms with Crippen LogP contribution in [0.1, 0.15) is 30.6 Å². The fourth-order valence-corrected chi connectivity index (χ4v) is 2.98. The van der Waals surface area contributed by atoms with Crippen LogP contribution in [0.5, 0.6) is 0 Å². The van der Waals surface area contributed by atoms with Gasteiger partial charge in [-0.15, -0.1) is 11.3 Å². The molecule has 0 unspecified atom stereocenters. The largest absolute Gasteiger partial charge is 0.330 e. The van der Waals surface area contributed by atoms with Gasteiger partial charge in [0.15, 0.2) is 0 Å². The smallest absolute Gasteiger partial charge is 0.319 e. The number of carbonyl (C=O) groups excluding carboxylic acids is 1. The molecule has 3 N–H and O–H groups in total. The first-order chi connectivity index (χ1) is 10.7. The highest BCUT2D eigenvalue weighted by Crippen LogP contribution is 2.18. The van der Waals surface area contributed by atoms with Gasteiger partial charge in [0.05, 0.1) is 28.5 Å². The molecule has 1 atom stereocenters. The maximum atomic E-state index is 12.1. The number of hydrogen-bond acceptors (Lipinski definition) is 4. The van der Waals surface area contributed by atoms with E-state index in [4.69, 9.17) is 0 Å². The fourth-order valence-electron chi connectivity index (χ4n) is 2.14. The highest BCUT2D eigenvalue weighted by molar-refractivity contribution is 7.09. The third kappa shape index (κ3) is 3.09. The molecule has 0 aliphatic heterocycles. The number of anilines is 1. The molecule has 0 saturated heterocycles. The van der Waals surface area contributed by atoms with Crippen LogP contribution >= 0.6 is 11.3 Å². The maximum Gasteiger partial charge on any atom is 0.319 e. The molecular weight excluding hydrogens is 298 g/mol.